The summed E-state index contributed by atoms with van der Waals surface area (Å²) in [5.41, 5.74) is -0.363. The summed E-state index contributed by atoms with van der Waals surface area (Å²) in [6.45, 7) is 5.85. The fourth-order valence-corrected chi connectivity index (χ4v) is 2.90. The maximum Gasteiger partial charge on any atom is 0.0980 e. The van der Waals surface area contributed by atoms with Crippen LogP contribution in [0.15, 0.2) is 0 Å². The number of hydrogen-bond donors (Lipinski definition) is 1. The molecule has 0 aromatic heterocycles. The van der Waals surface area contributed by atoms with E-state index in [-0.39, 0.29) is 11.7 Å². The minimum absolute atomic E-state index is 0.354. The van der Waals surface area contributed by atoms with Gasteiger partial charge in [0, 0.05) is 33.2 Å². The highest BCUT2D eigenvalue weighted by atomic mass is 16.5. The highest BCUT2D eigenvalue weighted by Gasteiger charge is 2.40. The summed E-state index contributed by atoms with van der Waals surface area (Å²) in [6, 6.07) is 0. The lowest BCUT2D eigenvalue weighted by Crippen LogP contribution is -2.49. The molecular formula is C15H30O3. The average Bonchev–Trinajstić information content (AvgIpc) is 2.43. The lowest BCUT2D eigenvalue weighted by Gasteiger charge is -2.40. The molecule has 1 aliphatic heterocycles. The van der Waals surface area contributed by atoms with Gasteiger partial charge in [0.05, 0.1) is 11.7 Å². The molecule has 1 saturated heterocycles. The topological polar surface area (TPSA) is 38.7 Å². The lowest BCUT2D eigenvalue weighted by atomic mass is 9.81. The molecule has 0 aromatic carbocycles. The molecule has 0 spiro atoms. The van der Waals surface area contributed by atoms with Crippen molar-refractivity contribution in [2.45, 2.75) is 70.5 Å². The van der Waals surface area contributed by atoms with E-state index in [9.17, 15) is 5.11 Å². The lowest BCUT2D eigenvalue weighted by molar-refractivity contribution is -0.157. The third kappa shape index (κ3) is 4.22. The second kappa shape index (κ2) is 8.13. The first-order chi connectivity index (χ1) is 8.68. The maximum absolute atomic E-state index is 10.5. The molecule has 0 amide bonds. The molecule has 1 rings (SSSR count). The minimum atomic E-state index is -0.363. The van der Waals surface area contributed by atoms with Gasteiger partial charge in [-0.25, -0.2) is 0 Å². The summed E-state index contributed by atoms with van der Waals surface area (Å²) in [4.78, 5) is 0. The molecule has 0 aromatic rings. The highest BCUT2D eigenvalue weighted by Crippen LogP contribution is 2.33. The van der Waals surface area contributed by atoms with Crippen molar-refractivity contribution in [3.05, 3.63) is 0 Å². The fraction of sp³-hybridized carbons (Fsp3) is 1.00. The van der Waals surface area contributed by atoms with Gasteiger partial charge in [0.25, 0.3) is 0 Å². The molecule has 1 aliphatic rings. The van der Waals surface area contributed by atoms with E-state index in [0.717, 1.165) is 25.7 Å². The van der Waals surface area contributed by atoms with E-state index in [1.54, 1.807) is 7.11 Å². The van der Waals surface area contributed by atoms with Gasteiger partial charge < -0.3 is 14.6 Å². The predicted molar refractivity (Wildman–Crippen MR) is 73.7 cm³/mol. The first-order valence-electron chi connectivity index (χ1n) is 7.49. The van der Waals surface area contributed by atoms with Gasteiger partial charge in [0.2, 0.25) is 0 Å². The molecule has 2 unspecified atom stereocenters. The molecule has 2 atom stereocenters. The normalized spacial score (nSPS) is 22.7. The third-order valence-electron chi connectivity index (χ3n) is 4.45. The number of aliphatic hydroxyl groups is 1. The number of rotatable bonds is 8. The Balaban J connectivity index is 2.51. The van der Waals surface area contributed by atoms with Crippen molar-refractivity contribution in [2.24, 2.45) is 5.92 Å². The van der Waals surface area contributed by atoms with Crippen LogP contribution in [-0.2, 0) is 9.47 Å². The third-order valence-corrected chi connectivity index (χ3v) is 4.45. The number of ether oxygens (including phenoxy) is 2. The Kier molecular flexibility index (Phi) is 7.20. The van der Waals surface area contributed by atoms with E-state index in [0.29, 0.717) is 19.1 Å². The van der Waals surface area contributed by atoms with Gasteiger partial charge in [-0.3, -0.25) is 0 Å². The van der Waals surface area contributed by atoms with Crippen LogP contribution in [0.1, 0.15) is 58.8 Å². The molecule has 0 radical (unpaired) electrons. The molecule has 108 valence electrons. The van der Waals surface area contributed by atoms with Crippen LogP contribution in [0.5, 0.6) is 0 Å². The van der Waals surface area contributed by atoms with Crippen LogP contribution in [-0.4, -0.2) is 37.1 Å². The summed E-state index contributed by atoms with van der Waals surface area (Å²) in [6.07, 6.45) is 7.00. The van der Waals surface area contributed by atoms with Crippen LogP contribution < -0.4 is 0 Å². The monoisotopic (exact) mass is 258 g/mol. The first-order valence-corrected chi connectivity index (χ1v) is 7.49. The summed E-state index contributed by atoms with van der Waals surface area (Å²) < 4.78 is 11.0. The van der Waals surface area contributed by atoms with E-state index in [1.807, 2.05) is 0 Å². The van der Waals surface area contributed by atoms with Crippen molar-refractivity contribution in [1.29, 1.82) is 0 Å². The minimum Gasteiger partial charge on any atom is -0.390 e. The Labute approximate surface area is 112 Å². The van der Waals surface area contributed by atoms with E-state index in [2.05, 4.69) is 13.8 Å². The van der Waals surface area contributed by atoms with Gasteiger partial charge in [-0.2, -0.15) is 0 Å². The van der Waals surface area contributed by atoms with E-state index in [4.69, 9.17) is 9.47 Å². The molecule has 3 nitrogen and oxygen atoms in total. The van der Waals surface area contributed by atoms with Crippen molar-refractivity contribution in [3.8, 4) is 0 Å². The molecule has 0 aliphatic carbocycles. The van der Waals surface area contributed by atoms with Crippen LogP contribution in [0.25, 0.3) is 0 Å². The molecule has 0 bridgehead atoms. The zero-order valence-electron chi connectivity index (χ0n) is 12.3. The van der Waals surface area contributed by atoms with Gasteiger partial charge in [0.1, 0.15) is 0 Å². The summed E-state index contributed by atoms with van der Waals surface area (Å²) in [5.74, 6) is 0.620. The predicted octanol–water partition coefficient (Wildman–Crippen LogP) is 3.15. The van der Waals surface area contributed by atoms with Crippen molar-refractivity contribution in [3.63, 3.8) is 0 Å². The quantitative estimate of drug-likeness (QED) is 0.727. The van der Waals surface area contributed by atoms with Crippen LogP contribution in [0.2, 0.25) is 0 Å². The molecule has 18 heavy (non-hydrogen) atoms. The molecule has 1 fully saturated rings. The molecule has 3 heteroatoms. The Morgan fingerprint density at radius 2 is 1.94 bits per heavy atom. The van der Waals surface area contributed by atoms with Crippen LogP contribution in [0.3, 0.4) is 0 Å². The van der Waals surface area contributed by atoms with Crippen LogP contribution in [0, 0.1) is 5.92 Å². The van der Waals surface area contributed by atoms with Gasteiger partial charge in [-0.1, -0.05) is 39.5 Å². The smallest absolute Gasteiger partial charge is 0.0980 e. The second-order valence-corrected chi connectivity index (χ2v) is 5.55. The molecule has 1 heterocycles. The Morgan fingerprint density at radius 3 is 2.44 bits per heavy atom. The van der Waals surface area contributed by atoms with Crippen molar-refractivity contribution >= 4 is 0 Å². The van der Waals surface area contributed by atoms with Crippen LogP contribution >= 0.6 is 0 Å². The number of hydrogen-bond acceptors (Lipinski definition) is 3. The Bertz CT molecular complexity index is 212. The number of unbranched alkanes of at least 4 members (excludes halogenated alkanes) is 1. The SMILES string of the molecule is CCCCC(CC)CC(O)C1(OC)CCOCC1. The van der Waals surface area contributed by atoms with E-state index in [1.165, 1.54) is 19.3 Å². The number of methoxy groups -OCH3 is 1. The Hall–Kier alpha value is -0.120. The van der Waals surface area contributed by atoms with Gasteiger partial charge in [-0.05, 0) is 12.3 Å². The van der Waals surface area contributed by atoms with E-state index < -0.39 is 0 Å². The Morgan fingerprint density at radius 1 is 1.28 bits per heavy atom. The molecule has 0 saturated carbocycles. The largest absolute Gasteiger partial charge is 0.390 e. The zero-order chi connectivity index (χ0) is 13.4. The fourth-order valence-electron chi connectivity index (χ4n) is 2.90. The number of aliphatic hydroxyl groups excluding tert-OH is 1. The standard InChI is InChI=1S/C15H30O3/c1-4-6-7-13(5-2)12-14(16)15(17-3)8-10-18-11-9-15/h13-14,16H,4-12H2,1-3H3. The summed E-state index contributed by atoms with van der Waals surface area (Å²) in [7, 11) is 1.72. The summed E-state index contributed by atoms with van der Waals surface area (Å²) >= 11 is 0. The summed E-state index contributed by atoms with van der Waals surface area (Å²) in [5, 5.41) is 10.5. The van der Waals surface area contributed by atoms with Crippen LogP contribution in [0.4, 0.5) is 0 Å². The van der Waals surface area contributed by atoms with Gasteiger partial charge >= 0.3 is 0 Å². The van der Waals surface area contributed by atoms with Gasteiger partial charge in [-0.15, -0.1) is 0 Å². The molecule has 1 N–H and O–H groups in total. The highest BCUT2D eigenvalue weighted by molar-refractivity contribution is 4.91. The van der Waals surface area contributed by atoms with E-state index >= 15 is 0 Å². The zero-order valence-corrected chi connectivity index (χ0v) is 12.3. The van der Waals surface area contributed by atoms with Gasteiger partial charge in [0.15, 0.2) is 0 Å². The van der Waals surface area contributed by atoms with Crippen molar-refractivity contribution < 1.29 is 14.6 Å². The van der Waals surface area contributed by atoms with Crippen molar-refractivity contribution in [2.75, 3.05) is 20.3 Å². The second-order valence-electron chi connectivity index (χ2n) is 5.55. The molecular weight excluding hydrogens is 228 g/mol. The maximum atomic E-state index is 10.5. The van der Waals surface area contributed by atoms with Crippen molar-refractivity contribution in [1.82, 2.24) is 0 Å². The first kappa shape index (κ1) is 15.9. The average molecular weight is 258 g/mol.